The number of rotatable bonds is 46. The van der Waals surface area contributed by atoms with E-state index in [1.807, 2.05) is 0 Å². The number of hydrogen-bond acceptors (Lipinski definition) is 17. The molecule has 1 unspecified atom stereocenters. The lowest BCUT2D eigenvalue weighted by Crippen LogP contribution is -2.67. The van der Waals surface area contributed by atoms with Gasteiger partial charge in [0.25, 0.3) is 0 Å². The highest BCUT2D eigenvalue weighted by atomic mass is 31.2. The lowest BCUT2D eigenvalue weighted by Gasteiger charge is -2.47. The van der Waals surface area contributed by atoms with Gasteiger partial charge in [0.1, 0.15) is 73.2 Å². The van der Waals surface area contributed by atoms with Crippen molar-refractivity contribution in [2.75, 3.05) is 13.2 Å². The monoisotopic (exact) mass is 1090 g/mol. The van der Waals surface area contributed by atoms with Gasteiger partial charge in [-0.3, -0.25) is 13.8 Å². The van der Waals surface area contributed by atoms with Crippen molar-refractivity contribution in [3.05, 3.63) is 0 Å². The predicted molar refractivity (Wildman–Crippen MR) is 282 cm³/mol. The largest absolute Gasteiger partial charge is 0.472 e. The van der Waals surface area contributed by atoms with Crippen LogP contribution in [0.25, 0.3) is 0 Å². The van der Waals surface area contributed by atoms with Gasteiger partial charge in [0.15, 0.2) is 6.29 Å². The van der Waals surface area contributed by atoms with Crippen molar-refractivity contribution in [1.29, 1.82) is 0 Å². The zero-order valence-electron chi connectivity index (χ0n) is 45.4. The Morgan fingerprint density at radius 3 is 1.28 bits per heavy atom. The topological polar surface area (TPSA) is 326 Å². The molecular formula is C54H106NO18P. The molecule has 1 aliphatic heterocycles. The van der Waals surface area contributed by atoms with E-state index in [0.717, 1.165) is 57.8 Å². The maximum absolute atomic E-state index is 13.6. The van der Waals surface area contributed by atoms with Gasteiger partial charge in [-0.05, 0) is 12.8 Å². The third kappa shape index (κ3) is 27.8. The van der Waals surface area contributed by atoms with Gasteiger partial charge in [-0.15, -0.1) is 0 Å². The lowest BCUT2D eigenvalue weighted by molar-refractivity contribution is -0.338. The zero-order valence-corrected chi connectivity index (χ0v) is 46.3. The van der Waals surface area contributed by atoms with Gasteiger partial charge >= 0.3 is 7.82 Å². The maximum Gasteiger partial charge on any atom is 0.472 e. The van der Waals surface area contributed by atoms with Gasteiger partial charge in [-0.25, -0.2) is 4.57 Å². The number of aliphatic hydroxyl groups excluding tert-OH is 11. The first-order valence-corrected chi connectivity index (χ1v) is 30.7. The number of amides is 1. The van der Waals surface area contributed by atoms with Crippen molar-refractivity contribution >= 4 is 13.7 Å². The molecule has 0 bridgehead atoms. The van der Waals surface area contributed by atoms with Crippen molar-refractivity contribution in [3.63, 3.8) is 0 Å². The van der Waals surface area contributed by atoms with Crippen molar-refractivity contribution in [1.82, 2.24) is 5.32 Å². The minimum Gasteiger partial charge on any atom is -0.394 e. The van der Waals surface area contributed by atoms with Crippen molar-refractivity contribution < 1.29 is 88.9 Å². The molecule has 0 aromatic rings. The standard InChI is InChI=1S/C54H106NO18P/c1-3-5-7-9-11-13-15-17-18-19-20-21-22-23-24-26-28-30-32-34-36-41(58)53(67)55-39(43(59)40(57)35-33-31-29-27-25-16-14-12-10-8-6-4-2)38-70-74(68,69)73-52-49(65)47(63)46(62)48(64)51(52)72-54-50(66)45(61)44(60)42(37-56)71-54/h39-52,54,56-66H,3-38H2,1-2H3,(H,55,67)(H,68,69)/t39-,40+,41+,42+,43-,44+,45-,46-,47-,48+,49+,50-,51+,52-,54+/m0/s1. The van der Waals surface area contributed by atoms with Crippen LogP contribution in [-0.2, 0) is 27.9 Å². The number of nitrogens with one attached hydrogen (secondary N) is 1. The second-order valence-corrected chi connectivity index (χ2v) is 22.9. The van der Waals surface area contributed by atoms with Crippen LogP contribution in [0.5, 0.6) is 0 Å². The minimum absolute atomic E-state index is 0.101. The maximum atomic E-state index is 13.6. The number of carbonyl (C=O) groups excluding carboxylic acids is 1. The van der Waals surface area contributed by atoms with Gasteiger partial charge in [-0.1, -0.05) is 219 Å². The average molecular weight is 1090 g/mol. The smallest absolute Gasteiger partial charge is 0.394 e. The molecule has 20 heteroatoms. The molecule has 0 aromatic carbocycles. The predicted octanol–water partition coefficient (Wildman–Crippen LogP) is 6.00. The molecule has 0 aromatic heterocycles. The Morgan fingerprint density at radius 2 is 0.878 bits per heavy atom. The quantitative estimate of drug-likeness (QED) is 0.0245. The van der Waals surface area contributed by atoms with Crippen LogP contribution in [0.2, 0.25) is 0 Å². The second kappa shape index (κ2) is 41.1. The van der Waals surface area contributed by atoms with Crippen LogP contribution in [0.4, 0.5) is 0 Å². The lowest BCUT2D eigenvalue weighted by atomic mass is 9.84. The molecule has 440 valence electrons. The Balaban J connectivity index is 1.93. The van der Waals surface area contributed by atoms with E-state index in [9.17, 15) is 70.4 Å². The van der Waals surface area contributed by atoms with Crippen molar-refractivity contribution in [2.24, 2.45) is 0 Å². The minimum atomic E-state index is -5.49. The van der Waals surface area contributed by atoms with E-state index in [1.54, 1.807) is 0 Å². The molecule has 19 nitrogen and oxygen atoms in total. The van der Waals surface area contributed by atoms with E-state index >= 15 is 0 Å². The van der Waals surface area contributed by atoms with E-state index in [-0.39, 0.29) is 12.8 Å². The zero-order chi connectivity index (χ0) is 54.7. The van der Waals surface area contributed by atoms with E-state index in [1.165, 1.54) is 135 Å². The molecule has 1 saturated carbocycles. The number of aliphatic hydroxyl groups is 11. The summed E-state index contributed by atoms with van der Waals surface area (Å²) in [6.45, 7) is 2.59. The van der Waals surface area contributed by atoms with E-state index in [2.05, 4.69) is 19.2 Å². The summed E-state index contributed by atoms with van der Waals surface area (Å²) in [4.78, 5) is 24.3. The number of unbranched alkanes of at least 4 members (excludes halogenated alkanes) is 30. The van der Waals surface area contributed by atoms with Gasteiger partial charge in [-0.2, -0.15) is 0 Å². The molecular weight excluding hydrogens is 982 g/mol. The summed E-state index contributed by atoms with van der Waals surface area (Å²) in [6.07, 6.45) is 10.3. The highest BCUT2D eigenvalue weighted by molar-refractivity contribution is 7.47. The first kappa shape index (κ1) is 69.2. The van der Waals surface area contributed by atoms with Crippen LogP contribution in [0.1, 0.15) is 232 Å². The molecule has 0 spiro atoms. The number of carbonyl (C=O) groups is 1. The van der Waals surface area contributed by atoms with Crippen LogP contribution >= 0.6 is 7.82 Å². The van der Waals surface area contributed by atoms with Crippen molar-refractivity contribution in [2.45, 2.75) is 324 Å². The van der Waals surface area contributed by atoms with E-state index in [0.29, 0.717) is 12.8 Å². The fraction of sp³-hybridized carbons (Fsp3) is 0.981. The second-order valence-electron chi connectivity index (χ2n) is 21.5. The molecule has 1 aliphatic carbocycles. The first-order valence-electron chi connectivity index (χ1n) is 29.2. The van der Waals surface area contributed by atoms with Crippen LogP contribution in [0, 0.1) is 0 Å². The Kier molecular flexibility index (Phi) is 38.4. The summed E-state index contributed by atoms with van der Waals surface area (Å²) in [5, 5.41) is 119. The Hall–Kier alpha value is -0.940. The summed E-state index contributed by atoms with van der Waals surface area (Å²) in [7, 11) is -5.49. The summed E-state index contributed by atoms with van der Waals surface area (Å²) < 4.78 is 34.8. The molecule has 16 atom stereocenters. The molecule has 74 heavy (non-hydrogen) atoms. The highest BCUT2D eigenvalue weighted by Gasteiger charge is 2.55. The summed E-state index contributed by atoms with van der Waals surface area (Å²) in [5.74, 6) is -0.919. The van der Waals surface area contributed by atoms with E-state index < -0.39 is 119 Å². The number of phosphoric acid groups is 1. The summed E-state index contributed by atoms with van der Waals surface area (Å²) in [6, 6.07) is -1.58. The molecule has 0 radical (unpaired) electrons. The number of hydrogen-bond donors (Lipinski definition) is 13. The summed E-state index contributed by atoms with van der Waals surface area (Å²) in [5.41, 5.74) is 0. The van der Waals surface area contributed by atoms with Crippen LogP contribution in [0.3, 0.4) is 0 Å². The van der Waals surface area contributed by atoms with Gasteiger partial charge in [0.05, 0.1) is 25.4 Å². The van der Waals surface area contributed by atoms with E-state index in [4.69, 9.17) is 18.5 Å². The Bertz CT molecular complexity index is 1420. The summed E-state index contributed by atoms with van der Waals surface area (Å²) >= 11 is 0. The molecule has 1 amide bonds. The normalized spacial score (nSPS) is 27.9. The number of phosphoric ester groups is 1. The van der Waals surface area contributed by atoms with Gasteiger partial charge < -0.3 is 75.9 Å². The fourth-order valence-electron chi connectivity index (χ4n) is 10.0. The molecule has 2 fully saturated rings. The fourth-order valence-corrected chi connectivity index (χ4v) is 11.0. The molecule has 1 heterocycles. The molecule has 13 N–H and O–H groups in total. The average Bonchev–Trinajstić information content (AvgIpc) is 3.38. The third-order valence-electron chi connectivity index (χ3n) is 15.0. The number of ether oxygens (including phenoxy) is 2. The van der Waals surface area contributed by atoms with Crippen molar-refractivity contribution in [3.8, 4) is 0 Å². The van der Waals surface area contributed by atoms with Crippen LogP contribution in [0.15, 0.2) is 0 Å². The van der Waals surface area contributed by atoms with Gasteiger partial charge in [0, 0.05) is 0 Å². The highest BCUT2D eigenvalue weighted by Crippen LogP contribution is 2.48. The van der Waals surface area contributed by atoms with Crippen LogP contribution < -0.4 is 5.32 Å². The third-order valence-corrected chi connectivity index (χ3v) is 16.0. The van der Waals surface area contributed by atoms with Crippen LogP contribution in [-0.4, -0.2) is 172 Å². The Morgan fingerprint density at radius 1 is 0.514 bits per heavy atom. The Labute approximate surface area is 443 Å². The molecule has 2 aliphatic rings. The van der Waals surface area contributed by atoms with Gasteiger partial charge in [0.2, 0.25) is 5.91 Å². The molecule has 1 saturated heterocycles. The first-order chi connectivity index (χ1) is 35.5. The molecule has 2 rings (SSSR count). The SMILES string of the molecule is CCCCCCCCCCCCCCCCCCCCCC[C@@H](O)C(=O)N[C@@H](COP(=O)(O)O[C@H]1[C@H](O)[C@@H](O)[C@H](O)[C@@H](O)[C@H]1O[C@H]1O[C@H](CO)[C@@H](O)[C@H](O)[C@@H]1O)[C@H](O)[C@H](O)CCCCCCCCCCCCCC.